The molecule has 2 rings (SSSR count). The van der Waals surface area contributed by atoms with Crippen LogP contribution in [0.4, 0.5) is 5.69 Å². The third-order valence-electron chi connectivity index (χ3n) is 4.24. The Labute approximate surface area is 132 Å². The van der Waals surface area contributed by atoms with Crippen molar-refractivity contribution in [1.82, 2.24) is 10.2 Å². The number of anilines is 1. The van der Waals surface area contributed by atoms with Gasteiger partial charge < -0.3 is 15.5 Å². The molecule has 120 valence electrons. The fourth-order valence-corrected chi connectivity index (χ4v) is 2.70. The summed E-state index contributed by atoms with van der Waals surface area (Å²) in [6, 6.07) is 5.66. The number of piperidine rings is 1. The molecule has 1 aromatic carbocycles. The van der Waals surface area contributed by atoms with E-state index < -0.39 is 0 Å². The first-order chi connectivity index (χ1) is 10.5. The Morgan fingerprint density at radius 2 is 2.09 bits per heavy atom. The van der Waals surface area contributed by atoms with E-state index in [4.69, 9.17) is 0 Å². The van der Waals surface area contributed by atoms with E-state index in [2.05, 4.69) is 10.6 Å². The van der Waals surface area contributed by atoms with E-state index in [-0.39, 0.29) is 24.4 Å². The average molecular weight is 303 g/mol. The Bertz CT molecular complexity index is 551. The molecule has 0 saturated carbocycles. The van der Waals surface area contributed by atoms with E-state index >= 15 is 0 Å². The Kier molecular flexibility index (Phi) is 5.55. The number of benzene rings is 1. The topological polar surface area (TPSA) is 61.4 Å². The zero-order valence-electron chi connectivity index (χ0n) is 13.6. The number of aryl methyl sites for hydroxylation is 1. The zero-order valence-corrected chi connectivity index (χ0v) is 13.6. The van der Waals surface area contributed by atoms with Crippen molar-refractivity contribution in [3.05, 3.63) is 29.3 Å². The van der Waals surface area contributed by atoms with Gasteiger partial charge in [-0.25, -0.2) is 0 Å². The summed E-state index contributed by atoms with van der Waals surface area (Å²) in [4.78, 5) is 25.9. The molecular formula is C17H25N3O2. The molecule has 0 spiro atoms. The molecule has 0 aromatic heterocycles. The standard InChI is InChI=1S/C17H25N3O2/c1-12-7-6-9-14(13(12)2)19-16(21)11-20(3)17(22)15-8-4-5-10-18-15/h6-7,9,15,18H,4-5,8,10-11H2,1-3H3,(H,19,21). The van der Waals surface area contributed by atoms with Crippen molar-refractivity contribution < 1.29 is 9.59 Å². The van der Waals surface area contributed by atoms with Crippen LogP contribution in [0.2, 0.25) is 0 Å². The lowest BCUT2D eigenvalue weighted by molar-refractivity contribution is -0.135. The summed E-state index contributed by atoms with van der Waals surface area (Å²) >= 11 is 0. The highest BCUT2D eigenvalue weighted by atomic mass is 16.2. The van der Waals surface area contributed by atoms with Gasteiger partial charge in [-0.15, -0.1) is 0 Å². The number of nitrogens with one attached hydrogen (secondary N) is 2. The fraction of sp³-hybridized carbons (Fsp3) is 0.529. The first-order valence-electron chi connectivity index (χ1n) is 7.83. The molecule has 1 unspecified atom stereocenters. The molecule has 1 aliphatic heterocycles. The second-order valence-corrected chi connectivity index (χ2v) is 5.99. The number of amides is 2. The molecule has 1 fully saturated rings. The van der Waals surface area contributed by atoms with E-state index in [0.717, 1.165) is 42.6 Å². The van der Waals surface area contributed by atoms with Gasteiger partial charge in [-0.3, -0.25) is 9.59 Å². The summed E-state index contributed by atoms with van der Waals surface area (Å²) in [6.45, 7) is 4.93. The van der Waals surface area contributed by atoms with Crippen LogP contribution in [-0.4, -0.2) is 42.9 Å². The van der Waals surface area contributed by atoms with Crippen molar-refractivity contribution in [3.8, 4) is 0 Å². The van der Waals surface area contributed by atoms with Gasteiger partial charge in [0.1, 0.15) is 0 Å². The van der Waals surface area contributed by atoms with E-state index in [1.165, 1.54) is 4.90 Å². The van der Waals surface area contributed by atoms with Gasteiger partial charge in [-0.1, -0.05) is 18.6 Å². The SMILES string of the molecule is Cc1cccc(NC(=O)CN(C)C(=O)C2CCCCN2)c1C. The van der Waals surface area contributed by atoms with Crippen LogP contribution in [0, 0.1) is 13.8 Å². The minimum absolute atomic E-state index is 0.00388. The quantitative estimate of drug-likeness (QED) is 0.892. The summed E-state index contributed by atoms with van der Waals surface area (Å²) in [5.41, 5.74) is 2.99. The van der Waals surface area contributed by atoms with Gasteiger partial charge in [0.25, 0.3) is 0 Å². The molecule has 5 nitrogen and oxygen atoms in total. The van der Waals surface area contributed by atoms with Crippen molar-refractivity contribution in [2.45, 2.75) is 39.2 Å². The van der Waals surface area contributed by atoms with Crippen LogP contribution in [0.1, 0.15) is 30.4 Å². The molecule has 1 heterocycles. The Morgan fingerprint density at radius 3 is 2.77 bits per heavy atom. The second kappa shape index (κ2) is 7.40. The molecule has 0 radical (unpaired) electrons. The Balaban J connectivity index is 1.90. The number of hydrogen-bond donors (Lipinski definition) is 2. The van der Waals surface area contributed by atoms with Crippen molar-refractivity contribution in [3.63, 3.8) is 0 Å². The maximum absolute atomic E-state index is 12.3. The molecule has 1 aliphatic rings. The highest BCUT2D eigenvalue weighted by Gasteiger charge is 2.24. The Hall–Kier alpha value is -1.88. The molecular weight excluding hydrogens is 278 g/mol. The lowest BCUT2D eigenvalue weighted by Crippen LogP contribution is -2.49. The number of rotatable bonds is 4. The van der Waals surface area contributed by atoms with Crippen molar-refractivity contribution in [2.75, 3.05) is 25.5 Å². The minimum Gasteiger partial charge on any atom is -0.335 e. The molecule has 2 amide bonds. The molecule has 0 bridgehead atoms. The summed E-state index contributed by atoms with van der Waals surface area (Å²) in [6.07, 6.45) is 3.02. The largest absolute Gasteiger partial charge is 0.335 e. The number of likely N-dealkylation sites (N-methyl/N-ethyl adjacent to an activating group) is 1. The van der Waals surface area contributed by atoms with E-state index in [1.54, 1.807) is 7.05 Å². The highest BCUT2D eigenvalue weighted by Crippen LogP contribution is 2.18. The molecule has 5 heteroatoms. The summed E-state index contributed by atoms with van der Waals surface area (Å²) in [5, 5.41) is 6.10. The molecule has 1 aromatic rings. The van der Waals surface area contributed by atoms with Gasteiger partial charge in [0, 0.05) is 12.7 Å². The van der Waals surface area contributed by atoms with Gasteiger partial charge in [0.05, 0.1) is 12.6 Å². The van der Waals surface area contributed by atoms with Gasteiger partial charge in [0.2, 0.25) is 11.8 Å². The number of hydrogen-bond acceptors (Lipinski definition) is 3. The minimum atomic E-state index is -0.166. The fourth-order valence-electron chi connectivity index (χ4n) is 2.70. The smallest absolute Gasteiger partial charge is 0.243 e. The molecule has 22 heavy (non-hydrogen) atoms. The van der Waals surface area contributed by atoms with E-state index in [9.17, 15) is 9.59 Å². The van der Waals surface area contributed by atoms with Crippen molar-refractivity contribution >= 4 is 17.5 Å². The van der Waals surface area contributed by atoms with Crippen molar-refractivity contribution in [1.29, 1.82) is 0 Å². The maximum Gasteiger partial charge on any atom is 0.243 e. The summed E-state index contributed by atoms with van der Waals surface area (Å²) in [7, 11) is 1.68. The predicted molar refractivity (Wildman–Crippen MR) is 87.8 cm³/mol. The van der Waals surface area contributed by atoms with Crippen LogP contribution >= 0.6 is 0 Å². The van der Waals surface area contributed by atoms with Gasteiger partial charge >= 0.3 is 0 Å². The molecule has 0 aliphatic carbocycles. The van der Waals surface area contributed by atoms with Crippen LogP contribution in [0.5, 0.6) is 0 Å². The normalized spacial score (nSPS) is 17.9. The zero-order chi connectivity index (χ0) is 16.1. The summed E-state index contributed by atoms with van der Waals surface area (Å²) in [5.74, 6) is -0.170. The first kappa shape index (κ1) is 16.5. The second-order valence-electron chi connectivity index (χ2n) is 5.99. The number of carbonyl (C=O) groups is 2. The Morgan fingerprint density at radius 1 is 1.32 bits per heavy atom. The first-order valence-corrected chi connectivity index (χ1v) is 7.83. The van der Waals surface area contributed by atoms with Gasteiger partial charge in [-0.2, -0.15) is 0 Å². The van der Waals surface area contributed by atoms with Crippen LogP contribution in [-0.2, 0) is 9.59 Å². The predicted octanol–water partition coefficient (Wildman–Crippen LogP) is 1.84. The lowest BCUT2D eigenvalue weighted by Gasteiger charge is -2.27. The molecule has 1 saturated heterocycles. The average Bonchev–Trinajstić information content (AvgIpc) is 2.52. The third-order valence-corrected chi connectivity index (χ3v) is 4.24. The lowest BCUT2D eigenvalue weighted by atomic mass is 10.0. The van der Waals surface area contributed by atoms with Gasteiger partial charge in [-0.05, 0) is 50.4 Å². The highest BCUT2D eigenvalue weighted by molar-refractivity contribution is 5.95. The number of nitrogens with zero attached hydrogens (tertiary/aromatic N) is 1. The van der Waals surface area contributed by atoms with Crippen LogP contribution < -0.4 is 10.6 Å². The number of carbonyl (C=O) groups excluding carboxylic acids is 2. The van der Waals surface area contributed by atoms with Crippen LogP contribution in [0.3, 0.4) is 0 Å². The molecule has 1 atom stereocenters. The van der Waals surface area contributed by atoms with Crippen molar-refractivity contribution in [2.24, 2.45) is 0 Å². The van der Waals surface area contributed by atoms with Crippen LogP contribution in [0.15, 0.2) is 18.2 Å². The monoisotopic (exact) mass is 303 g/mol. The van der Waals surface area contributed by atoms with E-state index in [1.807, 2.05) is 32.0 Å². The van der Waals surface area contributed by atoms with Gasteiger partial charge in [0.15, 0.2) is 0 Å². The third kappa shape index (κ3) is 4.07. The van der Waals surface area contributed by atoms with Crippen LogP contribution in [0.25, 0.3) is 0 Å². The van der Waals surface area contributed by atoms with E-state index in [0.29, 0.717) is 0 Å². The maximum atomic E-state index is 12.3. The summed E-state index contributed by atoms with van der Waals surface area (Å²) < 4.78 is 0. The molecule has 2 N–H and O–H groups in total.